The number of halogens is 2. The first-order valence-electron chi connectivity index (χ1n) is 9.09. The number of carbonyl (C=O) groups excluding carboxylic acids is 1. The van der Waals surface area contributed by atoms with E-state index in [-0.39, 0.29) is 47.0 Å². The van der Waals surface area contributed by atoms with E-state index in [0.717, 1.165) is 12.1 Å². The summed E-state index contributed by atoms with van der Waals surface area (Å²) in [6.45, 7) is 2.82. The van der Waals surface area contributed by atoms with Crippen molar-refractivity contribution in [3.8, 4) is 0 Å². The van der Waals surface area contributed by atoms with Crippen LogP contribution in [-0.2, 0) is 24.7 Å². The number of carbonyl (C=O) groups is 1. The van der Waals surface area contributed by atoms with Crippen LogP contribution in [0, 0.1) is 5.82 Å². The molecule has 2 fully saturated rings. The molecule has 162 valence electrons. The van der Waals surface area contributed by atoms with Gasteiger partial charge in [-0.15, -0.1) is 0 Å². The fourth-order valence-corrected chi connectivity index (χ4v) is 7.39. The zero-order valence-electron chi connectivity index (χ0n) is 15.9. The maximum Gasteiger partial charge on any atom is 0.243 e. The Labute approximate surface area is 175 Å². The van der Waals surface area contributed by atoms with Gasteiger partial charge in [0.25, 0.3) is 0 Å². The molecule has 0 radical (unpaired) electrons. The summed E-state index contributed by atoms with van der Waals surface area (Å²) < 4.78 is 63.3. The monoisotopic (exact) mass is 467 g/mol. The highest BCUT2D eigenvalue weighted by Crippen LogP contribution is 2.24. The van der Waals surface area contributed by atoms with Crippen LogP contribution in [0.3, 0.4) is 0 Å². The average molecular weight is 468 g/mol. The molecule has 2 aliphatic heterocycles. The third-order valence-electron chi connectivity index (χ3n) is 5.17. The van der Waals surface area contributed by atoms with Crippen LogP contribution in [-0.4, -0.2) is 81.7 Å². The summed E-state index contributed by atoms with van der Waals surface area (Å²) in [7, 11) is -6.93. The molecule has 0 saturated carbocycles. The molecular formula is C17H23ClFN3O5S2. The second-order valence-electron chi connectivity index (χ2n) is 7.71. The van der Waals surface area contributed by atoms with E-state index in [1.165, 1.54) is 10.4 Å². The lowest BCUT2D eigenvalue weighted by Gasteiger charge is -2.34. The van der Waals surface area contributed by atoms with Crippen molar-refractivity contribution in [1.29, 1.82) is 0 Å². The number of nitrogens with one attached hydrogen (secondary N) is 1. The van der Waals surface area contributed by atoms with E-state index in [1.54, 1.807) is 6.92 Å². The third kappa shape index (κ3) is 5.26. The largest absolute Gasteiger partial charge is 0.349 e. The minimum absolute atomic E-state index is 0.0614. The van der Waals surface area contributed by atoms with Crippen molar-refractivity contribution in [2.75, 3.05) is 44.2 Å². The topological polar surface area (TPSA) is 104 Å². The van der Waals surface area contributed by atoms with Gasteiger partial charge in [0.2, 0.25) is 15.9 Å². The van der Waals surface area contributed by atoms with Gasteiger partial charge in [0, 0.05) is 26.2 Å². The highest BCUT2D eigenvalue weighted by molar-refractivity contribution is 7.91. The maximum absolute atomic E-state index is 13.3. The highest BCUT2D eigenvalue weighted by atomic mass is 35.5. The van der Waals surface area contributed by atoms with Crippen molar-refractivity contribution in [1.82, 2.24) is 14.5 Å². The van der Waals surface area contributed by atoms with Gasteiger partial charge in [-0.1, -0.05) is 11.6 Å². The Morgan fingerprint density at radius 3 is 2.48 bits per heavy atom. The normalized spacial score (nSPS) is 25.8. The third-order valence-corrected chi connectivity index (χ3v) is 9.26. The first-order valence-corrected chi connectivity index (χ1v) is 12.7. The van der Waals surface area contributed by atoms with Gasteiger partial charge in [0.15, 0.2) is 9.84 Å². The van der Waals surface area contributed by atoms with E-state index in [9.17, 15) is 26.0 Å². The second kappa shape index (κ2) is 8.10. The van der Waals surface area contributed by atoms with Gasteiger partial charge in [0.1, 0.15) is 5.82 Å². The molecule has 0 aromatic heterocycles. The van der Waals surface area contributed by atoms with Crippen molar-refractivity contribution in [3.05, 3.63) is 29.0 Å². The Hall–Kier alpha value is -1.27. The molecule has 1 aromatic rings. The van der Waals surface area contributed by atoms with Crippen molar-refractivity contribution in [2.24, 2.45) is 0 Å². The van der Waals surface area contributed by atoms with Crippen LogP contribution in [0.4, 0.5) is 4.39 Å². The Morgan fingerprint density at radius 1 is 1.28 bits per heavy atom. The number of sulfonamides is 1. The number of sulfone groups is 1. The number of benzene rings is 1. The number of hydrogen-bond donors (Lipinski definition) is 1. The summed E-state index contributed by atoms with van der Waals surface area (Å²) >= 11 is 5.69. The zero-order valence-corrected chi connectivity index (χ0v) is 18.3. The summed E-state index contributed by atoms with van der Waals surface area (Å²) in [5.41, 5.74) is -0.761. The lowest BCUT2D eigenvalue weighted by Crippen LogP contribution is -2.54. The molecule has 2 saturated heterocycles. The van der Waals surface area contributed by atoms with Gasteiger partial charge in [-0.2, -0.15) is 4.31 Å². The maximum atomic E-state index is 13.3. The van der Waals surface area contributed by atoms with Gasteiger partial charge >= 0.3 is 0 Å². The van der Waals surface area contributed by atoms with Gasteiger partial charge in [0.05, 0.1) is 33.5 Å². The molecule has 1 unspecified atom stereocenters. The number of rotatable bonds is 5. The molecule has 1 atom stereocenters. The quantitative estimate of drug-likeness (QED) is 0.675. The van der Waals surface area contributed by atoms with Crippen molar-refractivity contribution < 1.29 is 26.0 Å². The van der Waals surface area contributed by atoms with E-state index in [4.69, 9.17) is 11.6 Å². The molecule has 3 rings (SSSR count). The predicted octanol–water partition coefficient (Wildman–Crippen LogP) is 0.479. The fraction of sp³-hybridized carbons (Fsp3) is 0.588. The average Bonchev–Trinajstić information content (AvgIpc) is 2.90. The van der Waals surface area contributed by atoms with E-state index < -0.39 is 31.2 Å². The van der Waals surface area contributed by atoms with Crippen LogP contribution in [0.15, 0.2) is 23.1 Å². The molecule has 0 aliphatic carbocycles. The molecule has 29 heavy (non-hydrogen) atoms. The van der Waals surface area contributed by atoms with Crippen LogP contribution < -0.4 is 5.32 Å². The van der Waals surface area contributed by atoms with Gasteiger partial charge < -0.3 is 5.32 Å². The smallest absolute Gasteiger partial charge is 0.243 e. The molecule has 12 heteroatoms. The second-order valence-corrected chi connectivity index (χ2v) is 12.2. The summed E-state index contributed by atoms with van der Waals surface area (Å²) in [5.74, 6) is -0.984. The molecule has 0 bridgehead atoms. The summed E-state index contributed by atoms with van der Waals surface area (Å²) in [6.07, 6.45) is 0.382. The molecule has 1 N–H and O–H groups in total. The Morgan fingerprint density at radius 2 is 1.93 bits per heavy atom. The van der Waals surface area contributed by atoms with Crippen molar-refractivity contribution in [3.63, 3.8) is 0 Å². The predicted molar refractivity (Wildman–Crippen MR) is 106 cm³/mol. The molecule has 0 spiro atoms. The molecule has 1 aromatic carbocycles. The van der Waals surface area contributed by atoms with Crippen LogP contribution in [0.5, 0.6) is 0 Å². The molecular weight excluding hydrogens is 445 g/mol. The molecule has 2 aliphatic rings. The van der Waals surface area contributed by atoms with Crippen LogP contribution in [0.1, 0.15) is 13.3 Å². The van der Waals surface area contributed by atoms with Gasteiger partial charge in [-0.25, -0.2) is 21.2 Å². The summed E-state index contributed by atoms with van der Waals surface area (Å²) in [6, 6.07) is 3.27. The Balaban J connectivity index is 1.55. The minimum atomic E-state index is -3.81. The Bertz CT molecular complexity index is 1010. The summed E-state index contributed by atoms with van der Waals surface area (Å²) in [4.78, 5) is 14.1. The lowest BCUT2D eigenvalue weighted by atomic mass is 10.0. The minimum Gasteiger partial charge on any atom is -0.349 e. The van der Waals surface area contributed by atoms with E-state index in [1.807, 2.05) is 4.90 Å². The SMILES string of the molecule is CC1(NC(=O)CN2CCN(S(=O)(=O)c3ccc(F)c(Cl)c3)CC2)CCS(=O)(=O)C1. The first kappa shape index (κ1) is 22.4. The van der Waals surface area contributed by atoms with Gasteiger partial charge in [-0.05, 0) is 31.5 Å². The standard InChI is InChI=1S/C17H23ClFN3O5S2/c1-17(4-9-28(24,25)12-17)20-16(23)11-21-5-7-22(8-6-21)29(26,27)13-2-3-15(19)14(18)10-13/h2-3,10H,4-9,11-12H2,1H3,(H,20,23). The van der Waals surface area contributed by atoms with Gasteiger partial charge in [-0.3, -0.25) is 9.69 Å². The number of hydrogen-bond acceptors (Lipinski definition) is 6. The number of nitrogens with zero attached hydrogens (tertiary/aromatic N) is 2. The number of piperazine rings is 1. The number of amides is 1. The first-order chi connectivity index (χ1) is 13.4. The zero-order chi connectivity index (χ0) is 21.4. The van der Waals surface area contributed by atoms with Crippen molar-refractivity contribution in [2.45, 2.75) is 23.8 Å². The molecule has 8 nitrogen and oxygen atoms in total. The fourth-order valence-electron chi connectivity index (χ4n) is 3.60. The molecule has 2 heterocycles. The molecule has 1 amide bonds. The van der Waals surface area contributed by atoms with E-state index in [0.29, 0.717) is 19.5 Å². The van der Waals surface area contributed by atoms with Crippen molar-refractivity contribution >= 4 is 37.4 Å². The highest BCUT2D eigenvalue weighted by Gasteiger charge is 2.39. The summed E-state index contributed by atoms with van der Waals surface area (Å²) in [5, 5.41) is 2.53. The van der Waals surface area contributed by atoms with E-state index in [2.05, 4.69) is 5.32 Å². The Kier molecular flexibility index (Phi) is 6.26. The van der Waals surface area contributed by atoms with Crippen LogP contribution >= 0.6 is 11.6 Å². The van der Waals surface area contributed by atoms with Crippen LogP contribution in [0.25, 0.3) is 0 Å². The van der Waals surface area contributed by atoms with Crippen LogP contribution in [0.2, 0.25) is 5.02 Å². The lowest BCUT2D eigenvalue weighted by molar-refractivity contribution is -0.124. The van der Waals surface area contributed by atoms with E-state index >= 15 is 0 Å².